The van der Waals surface area contributed by atoms with Crippen molar-refractivity contribution in [1.82, 2.24) is 5.32 Å². The quantitative estimate of drug-likeness (QED) is 0.797. The Labute approximate surface area is 150 Å². The third kappa shape index (κ3) is 4.79. The lowest BCUT2D eigenvalue weighted by molar-refractivity contribution is -0.125. The molecule has 0 bridgehead atoms. The van der Waals surface area contributed by atoms with E-state index < -0.39 is 11.6 Å². The second-order valence-corrected chi connectivity index (χ2v) is 6.61. The van der Waals surface area contributed by atoms with Crippen LogP contribution >= 0.6 is 0 Å². The van der Waals surface area contributed by atoms with Gasteiger partial charge in [-0.1, -0.05) is 30.3 Å². The molecule has 0 aliphatic heterocycles. The second-order valence-electron chi connectivity index (χ2n) is 6.61. The first kappa shape index (κ1) is 18.3. The number of nitrogens with one attached hydrogen (secondary N) is 1. The predicted octanol–water partition coefficient (Wildman–Crippen LogP) is 2.84. The number of hydrogen-bond acceptors (Lipinski definition) is 3. The zero-order valence-corrected chi connectivity index (χ0v) is 14.2. The predicted molar refractivity (Wildman–Crippen MR) is 92.7 cm³/mol. The van der Waals surface area contributed by atoms with Crippen molar-refractivity contribution < 1.29 is 23.4 Å². The number of carbonyl (C=O) groups excluding carboxylic acids is 1. The Bertz CT molecular complexity index is 748. The summed E-state index contributed by atoms with van der Waals surface area (Å²) in [5.74, 6) is -1.90. The van der Waals surface area contributed by atoms with Crippen LogP contribution in [-0.2, 0) is 11.2 Å². The number of rotatable bonds is 7. The van der Waals surface area contributed by atoms with Crippen molar-refractivity contribution in [3.8, 4) is 5.75 Å². The van der Waals surface area contributed by atoms with Crippen LogP contribution in [0.1, 0.15) is 18.4 Å². The Hall–Kier alpha value is -2.47. The summed E-state index contributed by atoms with van der Waals surface area (Å²) < 4.78 is 31.6. The van der Waals surface area contributed by atoms with E-state index in [0.29, 0.717) is 25.3 Å². The molecule has 1 atom stereocenters. The van der Waals surface area contributed by atoms with Crippen molar-refractivity contribution >= 4 is 5.91 Å². The first-order valence-electron chi connectivity index (χ1n) is 8.60. The topological polar surface area (TPSA) is 58.6 Å². The van der Waals surface area contributed by atoms with Gasteiger partial charge >= 0.3 is 0 Å². The molecule has 0 heterocycles. The summed E-state index contributed by atoms with van der Waals surface area (Å²) in [5.41, 5.74) is 1.09. The van der Waals surface area contributed by atoms with Crippen molar-refractivity contribution in [3.05, 3.63) is 65.7 Å². The molecule has 0 saturated heterocycles. The Kier molecular flexibility index (Phi) is 5.83. The van der Waals surface area contributed by atoms with Crippen molar-refractivity contribution in [2.45, 2.75) is 31.4 Å². The van der Waals surface area contributed by atoms with E-state index in [0.717, 1.165) is 17.7 Å². The molecule has 2 N–H and O–H groups in total. The van der Waals surface area contributed by atoms with Gasteiger partial charge in [-0.25, -0.2) is 8.78 Å². The number of halogens is 2. The highest BCUT2D eigenvalue weighted by Crippen LogP contribution is 2.31. The largest absolute Gasteiger partial charge is 0.481 e. The van der Waals surface area contributed by atoms with E-state index in [2.05, 4.69) is 5.32 Å². The summed E-state index contributed by atoms with van der Waals surface area (Å²) >= 11 is 0. The van der Waals surface area contributed by atoms with Crippen LogP contribution in [0.2, 0.25) is 0 Å². The van der Waals surface area contributed by atoms with Crippen LogP contribution in [0.3, 0.4) is 0 Å². The van der Waals surface area contributed by atoms with Crippen LogP contribution in [0.5, 0.6) is 5.75 Å². The highest BCUT2D eigenvalue weighted by Gasteiger charge is 2.34. The molecular formula is C20H21F2NO3. The number of ether oxygens (including phenoxy) is 1. The molecule has 1 amide bonds. The molecule has 6 heteroatoms. The summed E-state index contributed by atoms with van der Waals surface area (Å²) in [6.45, 7) is -0.358. The van der Waals surface area contributed by atoms with Gasteiger partial charge in [-0.3, -0.25) is 4.79 Å². The van der Waals surface area contributed by atoms with Crippen molar-refractivity contribution in [1.29, 1.82) is 0 Å². The lowest BCUT2D eigenvalue weighted by atomic mass is 9.75. The smallest absolute Gasteiger partial charge is 0.258 e. The van der Waals surface area contributed by atoms with Crippen LogP contribution in [0.25, 0.3) is 0 Å². The van der Waals surface area contributed by atoms with E-state index >= 15 is 0 Å². The van der Waals surface area contributed by atoms with Crippen molar-refractivity contribution in [2.75, 3.05) is 6.61 Å². The van der Waals surface area contributed by atoms with Crippen LogP contribution in [-0.4, -0.2) is 29.8 Å². The van der Waals surface area contributed by atoms with Crippen molar-refractivity contribution in [2.24, 2.45) is 5.92 Å². The molecule has 2 aromatic rings. The van der Waals surface area contributed by atoms with E-state index in [4.69, 9.17) is 4.74 Å². The minimum absolute atomic E-state index is 0.130. The van der Waals surface area contributed by atoms with Gasteiger partial charge in [0.25, 0.3) is 5.91 Å². The fraction of sp³-hybridized carbons (Fsp3) is 0.350. The van der Waals surface area contributed by atoms with Gasteiger partial charge in [-0.2, -0.15) is 0 Å². The van der Waals surface area contributed by atoms with Crippen LogP contribution in [0.4, 0.5) is 8.78 Å². The molecule has 0 radical (unpaired) electrons. The van der Waals surface area contributed by atoms with Crippen LogP contribution in [0, 0.1) is 17.6 Å². The minimum Gasteiger partial charge on any atom is -0.481 e. The number of carbonyl (C=O) groups is 1. The SMILES string of the molecule is O=C(COc1ccc(F)cc1F)N[C@@H](Cc1ccccc1)C1CC(O)C1. The Balaban J connectivity index is 1.58. The van der Waals surface area contributed by atoms with Gasteiger partial charge in [0.05, 0.1) is 6.10 Å². The van der Waals surface area contributed by atoms with Crippen molar-refractivity contribution in [3.63, 3.8) is 0 Å². The number of hydrogen-bond donors (Lipinski definition) is 2. The van der Waals surface area contributed by atoms with Crippen LogP contribution < -0.4 is 10.1 Å². The summed E-state index contributed by atoms with van der Waals surface area (Å²) in [4.78, 5) is 12.2. The van der Waals surface area contributed by atoms with E-state index in [-0.39, 0.29) is 36.3 Å². The summed E-state index contributed by atoms with van der Waals surface area (Å²) in [6, 6.07) is 12.6. The molecule has 0 spiro atoms. The summed E-state index contributed by atoms with van der Waals surface area (Å²) in [7, 11) is 0. The van der Waals surface area contributed by atoms with Gasteiger partial charge in [-0.05, 0) is 42.9 Å². The van der Waals surface area contributed by atoms with Gasteiger partial charge in [0.2, 0.25) is 0 Å². The minimum atomic E-state index is -0.847. The van der Waals surface area contributed by atoms with Gasteiger partial charge < -0.3 is 15.2 Å². The average Bonchev–Trinajstić information content (AvgIpc) is 2.58. The Morgan fingerprint density at radius 2 is 1.92 bits per heavy atom. The molecular weight excluding hydrogens is 340 g/mol. The van der Waals surface area contributed by atoms with Gasteiger partial charge in [0.1, 0.15) is 5.82 Å². The molecule has 0 unspecified atom stereocenters. The van der Waals surface area contributed by atoms with Gasteiger partial charge in [0.15, 0.2) is 18.2 Å². The monoisotopic (exact) mass is 361 g/mol. The van der Waals surface area contributed by atoms with E-state index in [9.17, 15) is 18.7 Å². The number of aliphatic hydroxyl groups is 1. The lowest BCUT2D eigenvalue weighted by Gasteiger charge is -2.38. The Morgan fingerprint density at radius 3 is 2.58 bits per heavy atom. The molecule has 138 valence electrons. The standard InChI is InChI=1S/C20H21F2NO3/c21-15-6-7-19(17(22)11-15)26-12-20(25)23-18(14-9-16(24)10-14)8-13-4-2-1-3-5-13/h1-7,11,14,16,18,24H,8-10,12H2,(H,23,25)/t14?,16?,18-/m0/s1. The lowest BCUT2D eigenvalue weighted by Crippen LogP contribution is -2.49. The van der Waals surface area contributed by atoms with Crippen LogP contribution in [0.15, 0.2) is 48.5 Å². The number of amides is 1. The number of aliphatic hydroxyl groups excluding tert-OH is 1. The van der Waals surface area contributed by atoms with Gasteiger partial charge in [0, 0.05) is 12.1 Å². The molecule has 1 saturated carbocycles. The summed E-state index contributed by atoms with van der Waals surface area (Å²) in [6.07, 6.45) is 1.62. The summed E-state index contributed by atoms with van der Waals surface area (Å²) in [5, 5.41) is 12.5. The second kappa shape index (κ2) is 8.27. The number of benzene rings is 2. The van der Waals surface area contributed by atoms with E-state index in [1.807, 2.05) is 30.3 Å². The van der Waals surface area contributed by atoms with Gasteiger partial charge in [-0.15, -0.1) is 0 Å². The highest BCUT2D eigenvalue weighted by molar-refractivity contribution is 5.78. The Morgan fingerprint density at radius 1 is 1.19 bits per heavy atom. The molecule has 3 rings (SSSR count). The maximum atomic E-state index is 13.6. The first-order chi connectivity index (χ1) is 12.5. The first-order valence-corrected chi connectivity index (χ1v) is 8.60. The molecule has 1 fully saturated rings. The fourth-order valence-electron chi connectivity index (χ4n) is 3.15. The molecule has 26 heavy (non-hydrogen) atoms. The average molecular weight is 361 g/mol. The molecule has 1 aliphatic carbocycles. The maximum Gasteiger partial charge on any atom is 0.258 e. The maximum absolute atomic E-state index is 13.6. The highest BCUT2D eigenvalue weighted by atomic mass is 19.1. The molecule has 4 nitrogen and oxygen atoms in total. The third-order valence-corrected chi connectivity index (χ3v) is 4.62. The van der Waals surface area contributed by atoms with E-state index in [1.54, 1.807) is 0 Å². The normalized spacial score (nSPS) is 20.1. The molecule has 2 aromatic carbocycles. The molecule has 1 aliphatic rings. The third-order valence-electron chi connectivity index (χ3n) is 4.62. The van der Waals surface area contributed by atoms with E-state index in [1.165, 1.54) is 0 Å². The zero-order valence-electron chi connectivity index (χ0n) is 14.2. The zero-order chi connectivity index (χ0) is 18.5. The molecule has 0 aromatic heterocycles. The fourth-order valence-corrected chi connectivity index (χ4v) is 3.15.